The average Bonchev–Trinajstić information content (AvgIpc) is 2.93. The van der Waals surface area contributed by atoms with Gasteiger partial charge < -0.3 is 9.84 Å². The van der Waals surface area contributed by atoms with Crippen LogP contribution >= 0.6 is 0 Å². The molecule has 2 unspecified atom stereocenters. The molecule has 2 heterocycles. The number of aromatic nitrogens is 2. The maximum atomic E-state index is 10.3. The molecule has 24 heavy (non-hydrogen) atoms. The topological polar surface area (TPSA) is 58.5 Å². The van der Waals surface area contributed by atoms with Crippen molar-refractivity contribution in [3.63, 3.8) is 0 Å². The summed E-state index contributed by atoms with van der Waals surface area (Å²) in [6.07, 6.45) is 7.31. The maximum Gasteiger partial charge on any atom is 0.120 e. The SMILES string of the molecule is C=CCOc1cccc(CN2CC(O)C(Cc3cnccn3)C2)c1. The molecular weight excluding hydrogens is 302 g/mol. The Kier molecular flexibility index (Phi) is 5.56. The molecule has 1 aliphatic heterocycles. The Labute approximate surface area is 142 Å². The Bertz CT molecular complexity index is 663. The van der Waals surface area contributed by atoms with Crippen molar-refractivity contribution in [2.45, 2.75) is 19.1 Å². The van der Waals surface area contributed by atoms with Crippen LogP contribution < -0.4 is 4.74 Å². The molecule has 1 N–H and O–H groups in total. The van der Waals surface area contributed by atoms with Gasteiger partial charge in [0.1, 0.15) is 12.4 Å². The number of likely N-dealkylation sites (tertiary alicyclic amines) is 1. The van der Waals surface area contributed by atoms with E-state index >= 15 is 0 Å². The van der Waals surface area contributed by atoms with E-state index in [1.54, 1.807) is 24.7 Å². The molecule has 1 aromatic heterocycles. The van der Waals surface area contributed by atoms with E-state index in [2.05, 4.69) is 27.5 Å². The van der Waals surface area contributed by atoms with E-state index in [9.17, 15) is 5.11 Å². The summed E-state index contributed by atoms with van der Waals surface area (Å²) in [7, 11) is 0. The number of aliphatic hydroxyl groups excluding tert-OH is 1. The number of rotatable bonds is 7. The monoisotopic (exact) mass is 325 g/mol. The molecular formula is C19H23N3O2. The molecule has 3 rings (SSSR count). The number of aliphatic hydroxyl groups is 1. The Hall–Kier alpha value is -2.24. The van der Waals surface area contributed by atoms with E-state index in [0.717, 1.165) is 31.0 Å². The minimum Gasteiger partial charge on any atom is -0.490 e. The predicted molar refractivity (Wildman–Crippen MR) is 92.6 cm³/mol. The van der Waals surface area contributed by atoms with Gasteiger partial charge in [-0.15, -0.1) is 0 Å². The highest BCUT2D eigenvalue weighted by Crippen LogP contribution is 2.23. The first-order valence-corrected chi connectivity index (χ1v) is 8.22. The minimum absolute atomic E-state index is 0.196. The van der Waals surface area contributed by atoms with Crippen molar-refractivity contribution in [3.05, 3.63) is 66.8 Å². The van der Waals surface area contributed by atoms with Crippen molar-refractivity contribution in [2.75, 3.05) is 19.7 Å². The quantitative estimate of drug-likeness (QED) is 0.790. The van der Waals surface area contributed by atoms with Crippen LogP contribution in [0.3, 0.4) is 0 Å². The van der Waals surface area contributed by atoms with Crippen LogP contribution in [0.5, 0.6) is 5.75 Å². The molecule has 0 spiro atoms. The standard InChI is InChI=1S/C19H23N3O2/c1-2-8-24-18-5-3-4-15(9-18)12-22-13-16(19(23)14-22)10-17-11-20-6-7-21-17/h2-7,9,11,16,19,23H,1,8,10,12-14H2. The molecule has 0 bridgehead atoms. The number of hydrogen-bond acceptors (Lipinski definition) is 5. The summed E-state index contributed by atoms with van der Waals surface area (Å²) in [5, 5.41) is 10.3. The summed E-state index contributed by atoms with van der Waals surface area (Å²) in [6, 6.07) is 8.08. The highest BCUT2D eigenvalue weighted by Gasteiger charge is 2.31. The highest BCUT2D eigenvalue weighted by molar-refractivity contribution is 5.28. The lowest BCUT2D eigenvalue weighted by Gasteiger charge is -2.16. The van der Waals surface area contributed by atoms with Gasteiger partial charge in [0.15, 0.2) is 0 Å². The third-order valence-electron chi connectivity index (χ3n) is 4.24. The second kappa shape index (κ2) is 8.04. The molecule has 126 valence electrons. The predicted octanol–water partition coefficient (Wildman–Crippen LogP) is 2.08. The molecule has 0 radical (unpaired) electrons. The van der Waals surface area contributed by atoms with Crippen molar-refractivity contribution in [2.24, 2.45) is 5.92 Å². The Balaban J connectivity index is 1.58. The van der Waals surface area contributed by atoms with Gasteiger partial charge in [-0.3, -0.25) is 14.9 Å². The number of hydrogen-bond donors (Lipinski definition) is 1. The largest absolute Gasteiger partial charge is 0.490 e. The van der Waals surface area contributed by atoms with Crippen LogP contribution in [-0.2, 0) is 13.0 Å². The average molecular weight is 325 g/mol. The van der Waals surface area contributed by atoms with Gasteiger partial charge in [-0.25, -0.2) is 0 Å². The van der Waals surface area contributed by atoms with E-state index in [1.165, 1.54) is 5.56 Å². The lowest BCUT2D eigenvalue weighted by atomic mass is 10.0. The van der Waals surface area contributed by atoms with Crippen molar-refractivity contribution in [3.8, 4) is 5.75 Å². The van der Waals surface area contributed by atoms with Gasteiger partial charge in [-0.05, 0) is 24.1 Å². The fraction of sp³-hybridized carbons (Fsp3) is 0.368. The second-order valence-corrected chi connectivity index (χ2v) is 6.17. The van der Waals surface area contributed by atoms with Gasteiger partial charge in [0.05, 0.1) is 11.8 Å². The van der Waals surface area contributed by atoms with E-state index in [0.29, 0.717) is 13.2 Å². The Morgan fingerprint density at radius 1 is 1.33 bits per heavy atom. The van der Waals surface area contributed by atoms with Crippen molar-refractivity contribution >= 4 is 0 Å². The first-order valence-electron chi connectivity index (χ1n) is 8.22. The zero-order valence-corrected chi connectivity index (χ0v) is 13.7. The van der Waals surface area contributed by atoms with Crippen molar-refractivity contribution in [1.29, 1.82) is 0 Å². The van der Waals surface area contributed by atoms with Gasteiger partial charge in [0.25, 0.3) is 0 Å². The summed E-state index contributed by atoms with van der Waals surface area (Å²) in [6.45, 7) is 6.51. The third-order valence-corrected chi connectivity index (χ3v) is 4.24. The van der Waals surface area contributed by atoms with Crippen LogP contribution in [-0.4, -0.2) is 45.8 Å². The molecule has 0 saturated carbocycles. The number of ether oxygens (including phenoxy) is 1. The lowest BCUT2D eigenvalue weighted by Crippen LogP contribution is -2.21. The molecule has 2 atom stereocenters. The van der Waals surface area contributed by atoms with Gasteiger partial charge >= 0.3 is 0 Å². The van der Waals surface area contributed by atoms with E-state index in [4.69, 9.17) is 4.74 Å². The fourth-order valence-electron chi connectivity index (χ4n) is 3.12. The molecule has 1 aromatic carbocycles. The van der Waals surface area contributed by atoms with Crippen LogP contribution in [0.2, 0.25) is 0 Å². The van der Waals surface area contributed by atoms with E-state index < -0.39 is 0 Å². The molecule has 0 aliphatic carbocycles. The lowest BCUT2D eigenvalue weighted by molar-refractivity contribution is 0.140. The van der Waals surface area contributed by atoms with Gasteiger partial charge in [-0.2, -0.15) is 0 Å². The van der Waals surface area contributed by atoms with Crippen molar-refractivity contribution in [1.82, 2.24) is 14.9 Å². The molecule has 5 nitrogen and oxygen atoms in total. The summed E-state index contributed by atoms with van der Waals surface area (Å²) in [5.41, 5.74) is 2.12. The zero-order valence-electron chi connectivity index (χ0n) is 13.7. The summed E-state index contributed by atoms with van der Waals surface area (Å²) in [5.74, 6) is 1.05. The smallest absolute Gasteiger partial charge is 0.120 e. The van der Waals surface area contributed by atoms with E-state index in [-0.39, 0.29) is 12.0 Å². The number of benzene rings is 1. The van der Waals surface area contributed by atoms with Crippen molar-refractivity contribution < 1.29 is 9.84 Å². The first-order chi connectivity index (χ1) is 11.7. The molecule has 1 aliphatic rings. The zero-order chi connectivity index (χ0) is 16.8. The van der Waals surface area contributed by atoms with Gasteiger partial charge in [-0.1, -0.05) is 24.8 Å². The highest BCUT2D eigenvalue weighted by atomic mass is 16.5. The number of nitrogens with zero attached hydrogens (tertiary/aromatic N) is 3. The van der Waals surface area contributed by atoms with Gasteiger partial charge in [0.2, 0.25) is 0 Å². The first kappa shape index (κ1) is 16.6. The molecule has 0 amide bonds. The normalized spacial score (nSPS) is 20.9. The van der Waals surface area contributed by atoms with Crippen LogP contribution in [0, 0.1) is 5.92 Å². The second-order valence-electron chi connectivity index (χ2n) is 6.17. The molecule has 1 fully saturated rings. The molecule has 2 aromatic rings. The Morgan fingerprint density at radius 2 is 2.25 bits per heavy atom. The minimum atomic E-state index is -0.327. The third kappa shape index (κ3) is 4.40. The van der Waals surface area contributed by atoms with Crippen LogP contribution in [0.15, 0.2) is 55.5 Å². The van der Waals surface area contributed by atoms with Crippen LogP contribution in [0.25, 0.3) is 0 Å². The summed E-state index contributed by atoms with van der Waals surface area (Å²) >= 11 is 0. The van der Waals surface area contributed by atoms with Crippen LogP contribution in [0.4, 0.5) is 0 Å². The fourth-order valence-corrected chi connectivity index (χ4v) is 3.12. The van der Waals surface area contributed by atoms with Crippen LogP contribution in [0.1, 0.15) is 11.3 Å². The summed E-state index contributed by atoms with van der Waals surface area (Å²) < 4.78 is 5.58. The van der Waals surface area contributed by atoms with E-state index in [1.807, 2.05) is 18.2 Å². The summed E-state index contributed by atoms with van der Waals surface area (Å²) in [4.78, 5) is 10.7. The maximum absolute atomic E-state index is 10.3. The Morgan fingerprint density at radius 3 is 3.04 bits per heavy atom. The number of β-amino-alcohol motifs (C(OH)–C–C–N with tert-alkyl or cyclic N) is 1. The molecule has 5 heteroatoms. The van der Waals surface area contributed by atoms with Gasteiger partial charge in [0, 0.05) is 44.1 Å². The molecule has 1 saturated heterocycles.